The first-order valence-electron chi connectivity index (χ1n) is 6.96. The topological polar surface area (TPSA) is 42.2 Å². The maximum Gasteiger partial charge on any atom is 0.253 e. The van der Waals surface area contributed by atoms with Crippen molar-refractivity contribution in [2.75, 3.05) is 0 Å². The van der Waals surface area contributed by atoms with Crippen LogP contribution in [0.3, 0.4) is 0 Å². The van der Waals surface area contributed by atoms with Crippen molar-refractivity contribution in [1.29, 1.82) is 0 Å². The summed E-state index contributed by atoms with van der Waals surface area (Å²) in [7, 11) is 0. The Morgan fingerprint density at radius 3 is 2.65 bits per heavy atom. The average Bonchev–Trinajstić information content (AvgIpc) is 2.46. The van der Waals surface area contributed by atoms with Crippen LogP contribution in [-0.4, -0.2) is 9.67 Å². The maximum absolute atomic E-state index is 12.1. The standard InChI is InChI=1S/C17H17NO2/c1-2-3-10-18-15(19)11-13-9-8-12-6-4-5-7-14(12)16(13)17(18)20/h4-9,11,20H,2-3,10H2,1H3. The lowest BCUT2D eigenvalue weighted by molar-refractivity contribution is 0.409. The van der Waals surface area contributed by atoms with Gasteiger partial charge < -0.3 is 5.11 Å². The fourth-order valence-electron chi connectivity index (χ4n) is 2.64. The van der Waals surface area contributed by atoms with E-state index in [1.807, 2.05) is 36.4 Å². The molecular formula is C17H17NO2. The molecule has 1 heterocycles. The Morgan fingerprint density at radius 2 is 1.85 bits per heavy atom. The number of hydrogen-bond acceptors (Lipinski definition) is 2. The van der Waals surface area contributed by atoms with Gasteiger partial charge in [-0.3, -0.25) is 9.36 Å². The summed E-state index contributed by atoms with van der Waals surface area (Å²) in [5.74, 6) is 0.0813. The lowest BCUT2D eigenvalue weighted by atomic mass is 10.0. The van der Waals surface area contributed by atoms with Crippen molar-refractivity contribution in [1.82, 2.24) is 4.57 Å². The molecule has 0 spiro atoms. The van der Waals surface area contributed by atoms with Gasteiger partial charge >= 0.3 is 0 Å². The van der Waals surface area contributed by atoms with Gasteiger partial charge in [0.2, 0.25) is 5.88 Å². The van der Waals surface area contributed by atoms with E-state index in [4.69, 9.17) is 0 Å². The van der Waals surface area contributed by atoms with Crippen molar-refractivity contribution in [3.05, 3.63) is 52.8 Å². The number of aromatic nitrogens is 1. The fraction of sp³-hybridized carbons (Fsp3) is 0.235. The molecule has 102 valence electrons. The molecule has 0 saturated heterocycles. The summed E-state index contributed by atoms with van der Waals surface area (Å²) < 4.78 is 1.47. The first-order valence-corrected chi connectivity index (χ1v) is 6.96. The Hall–Kier alpha value is -2.29. The van der Waals surface area contributed by atoms with Crippen LogP contribution in [0.15, 0.2) is 47.3 Å². The van der Waals surface area contributed by atoms with Crippen LogP contribution in [0.4, 0.5) is 0 Å². The van der Waals surface area contributed by atoms with E-state index < -0.39 is 0 Å². The highest BCUT2D eigenvalue weighted by molar-refractivity contribution is 6.09. The van der Waals surface area contributed by atoms with E-state index in [9.17, 15) is 9.90 Å². The zero-order valence-corrected chi connectivity index (χ0v) is 11.5. The molecule has 1 N–H and O–H groups in total. The van der Waals surface area contributed by atoms with Crippen LogP contribution in [0.1, 0.15) is 19.8 Å². The number of benzene rings is 2. The minimum Gasteiger partial charge on any atom is -0.494 e. The Bertz CT molecular complexity index is 833. The Kier molecular flexibility index (Phi) is 3.18. The molecule has 0 aliphatic heterocycles. The Balaban J connectivity index is 2.38. The van der Waals surface area contributed by atoms with Crippen molar-refractivity contribution in [2.45, 2.75) is 26.3 Å². The van der Waals surface area contributed by atoms with E-state index in [0.29, 0.717) is 6.54 Å². The second kappa shape index (κ2) is 5.00. The number of aromatic hydroxyl groups is 1. The molecule has 3 nitrogen and oxygen atoms in total. The molecule has 2 aromatic carbocycles. The quantitative estimate of drug-likeness (QED) is 0.736. The minimum atomic E-state index is -0.140. The van der Waals surface area contributed by atoms with Gasteiger partial charge in [-0.1, -0.05) is 49.7 Å². The zero-order valence-electron chi connectivity index (χ0n) is 11.5. The van der Waals surface area contributed by atoms with Crippen molar-refractivity contribution in [3.8, 4) is 5.88 Å². The highest BCUT2D eigenvalue weighted by atomic mass is 16.3. The van der Waals surface area contributed by atoms with Gasteiger partial charge in [0.05, 0.1) is 5.39 Å². The van der Waals surface area contributed by atoms with E-state index >= 15 is 0 Å². The summed E-state index contributed by atoms with van der Waals surface area (Å²) in [5, 5.41) is 14.1. The van der Waals surface area contributed by atoms with Crippen molar-refractivity contribution in [2.24, 2.45) is 0 Å². The first-order chi connectivity index (χ1) is 9.72. The molecule has 0 aliphatic rings. The van der Waals surface area contributed by atoms with Gasteiger partial charge in [0, 0.05) is 12.6 Å². The van der Waals surface area contributed by atoms with Crippen LogP contribution >= 0.6 is 0 Å². The number of fused-ring (bicyclic) bond motifs is 3. The summed E-state index contributed by atoms with van der Waals surface area (Å²) in [6, 6.07) is 13.4. The summed E-state index contributed by atoms with van der Waals surface area (Å²) in [4.78, 5) is 12.1. The van der Waals surface area contributed by atoms with Crippen molar-refractivity contribution >= 4 is 21.5 Å². The van der Waals surface area contributed by atoms with Crippen LogP contribution < -0.4 is 5.56 Å². The molecule has 3 heteroatoms. The normalized spacial score (nSPS) is 11.2. The van der Waals surface area contributed by atoms with Gasteiger partial charge in [-0.05, 0) is 22.6 Å². The molecule has 0 unspecified atom stereocenters. The largest absolute Gasteiger partial charge is 0.494 e. The molecule has 0 radical (unpaired) electrons. The van der Waals surface area contributed by atoms with Gasteiger partial charge in [-0.25, -0.2) is 0 Å². The number of rotatable bonds is 3. The Morgan fingerprint density at radius 1 is 1.10 bits per heavy atom. The van der Waals surface area contributed by atoms with Gasteiger partial charge in [0.25, 0.3) is 5.56 Å². The predicted octanol–water partition coefficient (Wildman–Crippen LogP) is 3.66. The number of unbranched alkanes of at least 4 members (excludes halogenated alkanes) is 1. The van der Waals surface area contributed by atoms with Crippen LogP contribution in [0, 0.1) is 0 Å². The van der Waals surface area contributed by atoms with Crippen LogP contribution in [0.2, 0.25) is 0 Å². The fourth-order valence-corrected chi connectivity index (χ4v) is 2.64. The molecule has 0 amide bonds. The molecule has 0 atom stereocenters. The van der Waals surface area contributed by atoms with Crippen LogP contribution in [-0.2, 0) is 6.54 Å². The molecule has 0 aliphatic carbocycles. The van der Waals surface area contributed by atoms with E-state index in [1.165, 1.54) is 4.57 Å². The van der Waals surface area contributed by atoms with E-state index in [-0.39, 0.29) is 11.4 Å². The highest BCUT2D eigenvalue weighted by Crippen LogP contribution is 2.30. The molecular weight excluding hydrogens is 250 g/mol. The minimum absolute atomic E-state index is 0.0813. The molecule has 1 aromatic heterocycles. The number of pyridine rings is 1. The summed E-state index contributed by atoms with van der Waals surface area (Å²) in [5.41, 5.74) is -0.140. The van der Waals surface area contributed by atoms with Crippen molar-refractivity contribution in [3.63, 3.8) is 0 Å². The molecule has 3 aromatic rings. The molecule has 0 fully saturated rings. The third kappa shape index (κ3) is 1.95. The van der Waals surface area contributed by atoms with E-state index in [2.05, 4.69) is 6.92 Å². The summed E-state index contributed by atoms with van der Waals surface area (Å²) in [6.07, 6.45) is 1.86. The molecule has 3 rings (SSSR count). The van der Waals surface area contributed by atoms with E-state index in [1.54, 1.807) is 6.07 Å². The second-order valence-corrected chi connectivity index (χ2v) is 5.06. The smallest absolute Gasteiger partial charge is 0.253 e. The average molecular weight is 267 g/mol. The first kappa shape index (κ1) is 12.7. The van der Waals surface area contributed by atoms with Gasteiger partial charge in [0.15, 0.2) is 0 Å². The predicted molar refractivity (Wildman–Crippen MR) is 82.3 cm³/mol. The second-order valence-electron chi connectivity index (χ2n) is 5.06. The Labute approximate surface area is 117 Å². The molecule has 20 heavy (non-hydrogen) atoms. The monoisotopic (exact) mass is 267 g/mol. The third-order valence-corrected chi connectivity index (χ3v) is 3.72. The van der Waals surface area contributed by atoms with Crippen LogP contribution in [0.5, 0.6) is 5.88 Å². The van der Waals surface area contributed by atoms with Gasteiger partial charge in [-0.15, -0.1) is 0 Å². The maximum atomic E-state index is 12.1. The van der Waals surface area contributed by atoms with Crippen LogP contribution in [0.25, 0.3) is 21.5 Å². The van der Waals surface area contributed by atoms with E-state index in [0.717, 1.165) is 34.4 Å². The number of hydrogen-bond donors (Lipinski definition) is 1. The van der Waals surface area contributed by atoms with Crippen molar-refractivity contribution < 1.29 is 5.11 Å². The highest BCUT2D eigenvalue weighted by Gasteiger charge is 2.11. The SMILES string of the molecule is CCCCn1c(O)c2c(ccc3ccccc32)cc1=O. The summed E-state index contributed by atoms with van der Waals surface area (Å²) >= 11 is 0. The molecule has 0 saturated carbocycles. The zero-order chi connectivity index (χ0) is 14.1. The lowest BCUT2D eigenvalue weighted by Gasteiger charge is -2.12. The van der Waals surface area contributed by atoms with Gasteiger partial charge in [-0.2, -0.15) is 0 Å². The summed E-state index contributed by atoms with van der Waals surface area (Å²) in [6.45, 7) is 2.62. The number of nitrogens with zero attached hydrogens (tertiary/aromatic N) is 1. The molecule has 0 bridgehead atoms. The lowest BCUT2D eigenvalue weighted by Crippen LogP contribution is -2.19. The third-order valence-electron chi connectivity index (χ3n) is 3.72. The van der Waals surface area contributed by atoms with Gasteiger partial charge in [0.1, 0.15) is 0 Å².